The second kappa shape index (κ2) is 12.0. The number of hydrogen-bond acceptors (Lipinski definition) is 5. The van der Waals surface area contributed by atoms with Crippen LogP contribution in [0.3, 0.4) is 0 Å². The van der Waals surface area contributed by atoms with Gasteiger partial charge in [-0.15, -0.1) is 0 Å². The van der Waals surface area contributed by atoms with Gasteiger partial charge in [-0.05, 0) is 6.92 Å². The maximum atomic E-state index is 10.2. The summed E-state index contributed by atoms with van der Waals surface area (Å²) in [7, 11) is 0. The Morgan fingerprint density at radius 1 is 1.00 bits per heavy atom. The minimum Gasteiger partial charge on any atom is -0.480 e. The molecule has 0 aromatic carbocycles. The summed E-state index contributed by atoms with van der Waals surface area (Å²) in [5.74, 6) is -1.13. The number of rotatable bonds is 10. The Morgan fingerprint density at radius 3 is 2.05 bits per heavy atom. The van der Waals surface area contributed by atoms with Crippen molar-refractivity contribution in [3.63, 3.8) is 0 Å². The number of aliphatic carboxylic acids is 1. The standard InChI is InChI=1S/C15H22O6/c1-12(16)8-6-4-2-3-5-7-9-13(17)14(18)10-21-11-15(19)20/h2-9,12-14,16-18H,10-11H2,1H3,(H,19,20). The van der Waals surface area contributed by atoms with Crippen molar-refractivity contribution in [2.75, 3.05) is 13.2 Å². The van der Waals surface area contributed by atoms with Crippen LogP contribution in [0.1, 0.15) is 6.92 Å². The summed E-state index contributed by atoms with van der Waals surface area (Å²) >= 11 is 0. The van der Waals surface area contributed by atoms with Crippen LogP contribution in [0.5, 0.6) is 0 Å². The Labute approximate surface area is 124 Å². The van der Waals surface area contributed by atoms with Crippen LogP contribution in [0.15, 0.2) is 48.6 Å². The van der Waals surface area contributed by atoms with E-state index < -0.39 is 30.9 Å². The number of carbonyl (C=O) groups is 1. The van der Waals surface area contributed by atoms with E-state index in [2.05, 4.69) is 4.74 Å². The van der Waals surface area contributed by atoms with Crippen molar-refractivity contribution >= 4 is 5.97 Å². The third-order valence-electron chi connectivity index (χ3n) is 2.16. The molecule has 0 aliphatic heterocycles. The Bertz CT molecular complexity index is 395. The molecule has 0 spiro atoms. The predicted molar refractivity (Wildman–Crippen MR) is 78.7 cm³/mol. The Hall–Kier alpha value is -1.73. The number of aliphatic hydroxyl groups is 3. The van der Waals surface area contributed by atoms with Crippen LogP contribution in [0.2, 0.25) is 0 Å². The third-order valence-corrected chi connectivity index (χ3v) is 2.16. The van der Waals surface area contributed by atoms with E-state index in [1.54, 1.807) is 49.5 Å². The molecule has 0 aliphatic rings. The van der Waals surface area contributed by atoms with Crippen LogP contribution in [-0.2, 0) is 9.53 Å². The van der Waals surface area contributed by atoms with Crippen LogP contribution < -0.4 is 0 Å². The van der Waals surface area contributed by atoms with Crippen molar-refractivity contribution in [3.8, 4) is 0 Å². The number of carboxylic acids is 1. The number of hydrogen-bond donors (Lipinski definition) is 4. The van der Waals surface area contributed by atoms with E-state index in [-0.39, 0.29) is 6.61 Å². The molecule has 0 bridgehead atoms. The maximum Gasteiger partial charge on any atom is 0.329 e. The molecule has 0 aromatic rings. The lowest BCUT2D eigenvalue weighted by molar-refractivity contribution is -0.143. The minimum absolute atomic E-state index is 0.258. The molecule has 118 valence electrons. The largest absolute Gasteiger partial charge is 0.480 e. The lowest BCUT2D eigenvalue weighted by atomic mass is 10.2. The molecule has 6 heteroatoms. The van der Waals surface area contributed by atoms with Gasteiger partial charge in [-0.2, -0.15) is 0 Å². The van der Waals surface area contributed by atoms with E-state index >= 15 is 0 Å². The lowest BCUT2D eigenvalue weighted by Gasteiger charge is -2.13. The van der Waals surface area contributed by atoms with Gasteiger partial charge in [0.2, 0.25) is 0 Å². The maximum absolute atomic E-state index is 10.2. The summed E-state index contributed by atoms with van der Waals surface area (Å²) in [6.45, 7) is 0.875. The molecular weight excluding hydrogens is 276 g/mol. The zero-order valence-corrected chi connectivity index (χ0v) is 11.9. The summed E-state index contributed by atoms with van der Waals surface area (Å²) in [4.78, 5) is 10.2. The van der Waals surface area contributed by atoms with E-state index in [9.17, 15) is 15.0 Å². The Balaban J connectivity index is 3.97. The molecule has 4 N–H and O–H groups in total. The summed E-state index contributed by atoms with van der Waals surface area (Å²) in [6.07, 6.45) is 10.3. The van der Waals surface area contributed by atoms with Crippen molar-refractivity contribution in [1.29, 1.82) is 0 Å². The van der Waals surface area contributed by atoms with Crippen molar-refractivity contribution < 1.29 is 30.0 Å². The first kappa shape index (κ1) is 19.3. The van der Waals surface area contributed by atoms with Gasteiger partial charge in [0, 0.05) is 0 Å². The van der Waals surface area contributed by atoms with Gasteiger partial charge < -0.3 is 25.2 Å². The van der Waals surface area contributed by atoms with Gasteiger partial charge in [0.05, 0.1) is 12.7 Å². The number of carboxylic acid groups (broad SMARTS) is 1. The van der Waals surface area contributed by atoms with Crippen LogP contribution in [0.25, 0.3) is 0 Å². The molecule has 0 rings (SSSR count). The van der Waals surface area contributed by atoms with Crippen molar-refractivity contribution in [3.05, 3.63) is 48.6 Å². The average molecular weight is 298 g/mol. The molecule has 0 fully saturated rings. The molecule has 0 saturated heterocycles. The monoisotopic (exact) mass is 298 g/mol. The molecule has 0 saturated carbocycles. The molecule has 0 aromatic heterocycles. The van der Waals surface area contributed by atoms with Crippen LogP contribution in [-0.4, -0.2) is 57.9 Å². The van der Waals surface area contributed by atoms with Crippen molar-refractivity contribution in [2.24, 2.45) is 0 Å². The fraction of sp³-hybridized carbons (Fsp3) is 0.400. The van der Waals surface area contributed by atoms with Gasteiger partial charge in [0.1, 0.15) is 18.8 Å². The molecule has 6 nitrogen and oxygen atoms in total. The topological polar surface area (TPSA) is 107 Å². The second-order valence-corrected chi connectivity index (χ2v) is 4.25. The van der Waals surface area contributed by atoms with Gasteiger partial charge >= 0.3 is 5.97 Å². The van der Waals surface area contributed by atoms with Crippen molar-refractivity contribution in [1.82, 2.24) is 0 Å². The Kier molecular flexibility index (Phi) is 11.1. The molecule has 0 heterocycles. The lowest BCUT2D eigenvalue weighted by Crippen LogP contribution is -2.29. The van der Waals surface area contributed by atoms with Gasteiger partial charge in [0.25, 0.3) is 0 Å². The highest BCUT2D eigenvalue weighted by Crippen LogP contribution is 1.97. The first-order chi connectivity index (χ1) is 9.93. The zero-order chi connectivity index (χ0) is 16.1. The Morgan fingerprint density at radius 2 is 1.52 bits per heavy atom. The molecule has 3 unspecified atom stereocenters. The van der Waals surface area contributed by atoms with E-state index in [0.29, 0.717) is 0 Å². The summed E-state index contributed by atoms with van der Waals surface area (Å²) < 4.78 is 4.67. The highest BCUT2D eigenvalue weighted by Gasteiger charge is 2.13. The summed E-state index contributed by atoms with van der Waals surface area (Å²) in [6, 6.07) is 0. The molecule has 3 atom stereocenters. The molecular formula is C15H22O6. The first-order valence-electron chi connectivity index (χ1n) is 6.45. The van der Waals surface area contributed by atoms with Gasteiger partial charge in [0.15, 0.2) is 0 Å². The van der Waals surface area contributed by atoms with Gasteiger partial charge in [-0.25, -0.2) is 4.79 Å². The van der Waals surface area contributed by atoms with Crippen LogP contribution in [0.4, 0.5) is 0 Å². The first-order valence-corrected chi connectivity index (χ1v) is 6.45. The van der Waals surface area contributed by atoms with Crippen LogP contribution >= 0.6 is 0 Å². The van der Waals surface area contributed by atoms with E-state index in [4.69, 9.17) is 10.2 Å². The quantitative estimate of drug-likeness (QED) is 0.435. The normalized spacial score (nSPS) is 17.1. The highest BCUT2D eigenvalue weighted by molar-refractivity contribution is 5.67. The van der Waals surface area contributed by atoms with Gasteiger partial charge in [-0.3, -0.25) is 0 Å². The SMILES string of the molecule is CC(O)C=CC=CC=CC=CC(O)C(O)COCC(=O)O. The van der Waals surface area contributed by atoms with Crippen molar-refractivity contribution in [2.45, 2.75) is 25.2 Å². The van der Waals surface area contributed by atoms with E-state index in [0.717, 1.165) is 0 Å². The number of aliphatic hydroxyl groups excluding tert-OH is 3. The fourth-order valence-corrected chi connectivity index (χ4v) is 1.15. The predicted octanol–water partition coefficient (Wildman–Crippen LogP) is 0.415. The third kappa shape index (κ3) is 13.0. The molecule has 21 heavy (non-hydrogen) atoms. The molecule has 0 aliphatic carbocycles. The number of ether oxygens (including phenoxy) is 1. The summed E-state index contributed by atoms with van der Waals surface area (Å²) in [5.41, 5.74) is 0. The van der Waals surface area contributed by atoms with Gasteiger partial charge in [-0.1, -0.05) is 48.6 Å². The zero-order valence-electron chi connectivity index (χ0n) is 11.9. The fourth-order valence-electron chi connectivity index (χ4n) is 1.15. The smallest absolute Gasteiger partial charge is 0.329 e. The average Bonchev–Trinajstić information content (AvgIpc) is 2.40. The molecule has 0 amide bonds. The summed E-state index contributed by atoms with van der Waals surface area (Å²) in [5, 5.41) is 36.3. The van der Waals surface area contributed by atoms with Crippen LogP contribution in [0, 0.1) is 0 Å². The second-order valence-electron chi connectivity index (χ2n) is 4.25. The van der Waals surface area contributed by atoms with E-state index in [1.807, 2.05) is 0 Å². The highest BCUT2D eigenvalue weighted by atomic mass is 16.5. The minimum atomic E-state index is -1.18. The molecule has 0 radical (unpaired) electrons. The van der Waals surface area contributed by atoms with E-state index in [1.165, 1.54) is 6.08 Å². The number of allylic oxidation sites excluding steroid dienone is 6.